The number of aromatic nitrogens is 4. The van der Waals surface area contributed by atoms with Gasteiger partial charge in [-0.25, -0.2) is 9.78 Å². The fourth-order valence-corrected chi connectivity index (χ4v) is 6.14. The normalized spacial score (nSPS) is 22.2. The van der Waals surface area contributed by atoms with Gasteiger partial charge in [-0.05, 0) is 108 Å². The summed E-state index contributed by atoms with van der Waals surface area (Å²) in [7, 11) is 0. The van der Waals surface area contributed by atoms with Crippen LogP contribution < -0.4 is 5.73 Å². The maximum absolute atomic E-state index is 12.5. The standard InChI is InChI=1S/C31H42N6O2/c1-31(2,3)39-30(38)36-13-10-21(11-14-36)23-8-9-26-27(17-23)34-28(18-33-26)25-19-37(35-29(25)22-6-7-22)24-15-20(16-24)5-4-12-32/h8-9,17-22,24H,4-7,10-16,32H2,1-3H3. The molecule has 39 heavy (non-hydrogen) atoms. The van der Waals surface area contributed by atoms with Gasteiger partial charge in [-0.15, -0.1) is 0 Å². The SMILES string of the molecule is CC(C)(C)OC(=O)N1CCC(c2ccc3ncc(-c4cn(C5CC(CCCN)C5)nc4C4CC4)nc3c2)CC1. The lowest BCUT2D eigenvalue weighted by Gasteiger charge is -2.35. The Bertz CT molecular complexity index is 1330. The molecule has 208 valence electrons. The Morgan fingerprint density at radius 2 is 1.85 bits per heavy atom. The third-order valence-electron chi connectivity index (χ3n) is 8.59. The number of hydrogen-bond donors (Lipinski definition) is 1. The van der Waals surface area contributed by atoms with Crippen LogP contribution in [0.15, 0.2) is 30.6 Å². The van der Waals surface area contributed by atoms with Crippen LogP contribution in [0.2, 0.25) is 0 Å². The summed E-state index contributed by atoms with van der Waals surface area (Å²) in [5.74, 6) is 1.73. The predicted octanol–water partition coefficient (Wildman–Crippen LogP) is 6.18. The van der Waals surface area contributed by atoms with E-state index < -0.39 is 5.60 Å². The van der Waals surface area contributed by atoms with Crippen LogP contribution >= 0.6 is 0 Å². The molecule has 8 nitrogen and oxygen atoms in total. The number of amides is 1. The number of piperidine rings is 1. The fraction of sp³-hybridized carbons (Fsp3) is 0.613. The molecule has 0 atom stereocenters. The van der Waals surface area contributed by atoms with Gasteiger partial charge in [0.25, 0.3) is 0 Å². The number of nitrogens with zero attached hydrogens (tertiary/aromatic N) is 5. The molecule has 3 fully saturated rings. The van der Waals surface area contributed by atoms with Crippen molar-refractivity contribution >= 4 is 17.1 Å². The zero-order chi connectivity index (χ0) is 27.1. The Morgan fingerprint density at radius 1 is 1.08 bits per heavy atom. The molecule has 2 aliphatic carbocycles. The quantitative estimate of drug-likeness (QED) is 0.392. The van der Waals surface area contributed by atoms with Gasteiger partial charge in [-0.1, -0.05) is 6.07 Å². The first kappa shape index (κ1) is 26.2. The highest BCUT2D eigenvalue weighted by Gasteiger charge is 2.35. The van der Waals surface area contributed by atoms with Crippen LogP contribution in [0.5, 0.6) is 0 Å². The van der Waals surface area contributed by atoms with E-state index in [1.807, 2.05) is 31.9 Å². The molecule has 1 saturated heterocycles. The van der Waals surface area contributed by atoms with Crippen molar-refractivity contribution in [3.05, 3.63) is 41.9 Å². The van der Waals surface area contributed by atoms with Crippen LogP contribution in [0.25, 0.3) is 22.3 Å². The van der Waals surface area contributed by atoms with E-state index in [4.69, 9.17) is 25.5 Å². The van der Waals surface area contributed by atoms with E-state index in [0.717, 1.165) is 54.0 Å². The number of fused-ring (bicyclic) bond motifs is 1. The minimum Gasteiger partial charge on any atom is -0.444 e. The topological polar surface area (TPSA) is 99.2 Å². The van der Waals surface area contributed by atoms with Gasteiger partial charge in [0.1, 0.15) is 5.60 Å². The summed E-state index contributed by atoms with van der Waals surface area (Å²) in [6.07, 6.45) is 12.9. The predicted molar refractivity (Wildman–Crippen MR) is 153 cm³/mol. The first-order chi connectivity index (χ1) is 18.8. The molecule has 3 aromatic rings. The maximum atomic E-state index is 12.5. The lowest BCUT2D eigenvalue weighted by Crippen LogP contribution is -2.41. The van der Waals surface area contributed by atoms with Crippen molar-refractivity contribution in [1.29, 1.82) is 0 Å². The molecule has 1 aliphatic heterocycles. The number of nitrogens with two attached hydrogens (primary N) is 1. The molecule has 3 heterocycles. The highest BCUT2D eigenvalue weighted by molar-refractivity contribution is 5.78. The largest absolute Gasteiger partial charge is 0.444 e. The smallest absolute Gasteiger partial charge is 0.410 e. The van der Waals surface area contributed by atoms with E-state index in [1.54, 1.807) is 0 Å². The summed E-state index contributed by atoms with van der Waals surface area (Å²) in [5.41, 5.74) is 11.6. The first-order valence-corrected chi connectivity index (χ1v) is 14.8. The van der Waals surface area contributed by atoms with E-state index in [9.17, 15) is 4.79 Å². The molecular formula is C31H42N6O2. The van der Waals surface area contributed by atoms with Crippen molar-refractivity contribution in [3.63, 3.8) is 0 Å². The maximum Gasteiger partial charge on any atom is 0.410 e. The number of hydrogen-bond acceptors (Lipinski definition) is 6. The zero-order valence-electron chi connectivity index (χ0n) is 23.6. The van der Waals surface area contributed by atoms with Gasteiger partial charge in [-0.2, -0.15) is 5.10 Å². The van der Waals surface area contributed by atoms with E-state index in [2.05, 4.69) is 29.1 Å². The van der Waals surface area contributed by atoms with Gasteiger partial charge in [0, 0.05) is 30.8 Å². The van der Waals surface area contributed by atoms with Crippen molar-refractivity contribution in [2.45, 2.75) is 95.6 Å². The molecule has 1 amide bonds. The van der Waals surface area contributed by atoms with E-state index >= 15 is 0 Å². The Balaban J connectivity index is 1.18. The monoisotopic (exact) mass is 530 g/mol. The summed E-state index contributed by atoms with van der Waals surface area (Å²) >= 11 is 0. The highest BCUT2D eigenvalue weighted by Crippen LogP contribution is 2.46. The van der Waals surface area contributed by atoms with Gasteiger partial charge in [0.2, 0.25) is 0 Å². The Hall–Kier alpha value is -3.00. The van der Waals surface area contributed by atoms with Gasteiger partial charge in [0.15, 0.2) is 0 Å². The van der Waals surface area contributed by atoms with Crippen LogP contribution in [0, 0.1) is 5.92 Å². The van der Waals surface area contributed by atoms with Gasteiger partial charge >= 0.3 is 6.09 Å². The van der Waals surface area contributed by atoms with Crippen LogP contribution in [0.1, 0.15) is 101 Å². The summed E-state index contributed by atoms with van der Waals surface area (Å²) in [6, 6.07) is 6.96. The van der Waals surface area contributed by atoms with Crippen LogP contribution in [0.3, 0.4) is 0 Å². The third kappa shape index (κ3) is 5.81. The molecular weight excluding hydrogens is 488 g/mol. The molecule has 2 N–H and O–H groups in total. The molecule has 0 bridgehead atoms. The lowest BCUT2D eigenvalue weighted by molar-refractivity contribution is 0.0205. The van der Waals surface area contributed by atoms with Gasteiger partial charge in [-0.3, -0.25) is 9.67 Å². The second-order valence-electron chi connectivity index (χ2n) is 12.8. The average Bonchev–Trinajstić information content (AvgIpc) is 3.65. The summed E-state index contributed by atoms with van der Waals surface area (Å²) in [5, 5.41) is 5.08. The van der Waals surface area contributed by atoms with E-state index in [1.165, 1.54) is 43.4 Å². The second kappa shape index (κ2) is 10.5. The number of benzene rings is 1. The number of ether oxygens (including phenoxy) is 1. The summed E-state index contributed by atoms with van der Waals surface area (Å²) in [6.45, 7) is 7.94. The lowest BCUT2D eigenvalue weighted by atomic mass is 9.77. The van der Waals surface area contributed by atoms with Gasteiger partial charge < -0.3 is 15.4 Å². The van der Waals surface area contributed by atoms with E-state index in [-0.39, 0.29) is 6.09 Å². The minimum absolute atomic E-state index is 0.213. The van der Waals surface area contributed by atoms with Crippen LogP contribution in [-0.2, 0) is 4.74 Å². The molecule has 0 unspecified atom stereocenters. The highest BCUT2D eigenvalue weighted by atomic mass is 16.6. The number of likely N-dealkylation sites (tertiary alicyclic amines) is 1. The first-order valence-electron chi connectivity index (χ1n) is 14.8. The average molecular weight is 531 g/mol. The van der Waals surface area contributed by atoms with E-state index in [0.29, 0.717) is 31.0 Å². The Morgan fingerprint density at radius 3 is 2.54 bits per heavy atom. The molecule has 8 heteroatoms. The van der Waals surface area contributed by atoms with Crippen molar-refractivity contribution in [2.75, 3.05) is 19.6 Å². The van der Waals surface area contributed by atoms with Crippen molar-refractivity contribution in [2.24, 2.45) is 11.7 Å². The van der Waals surface area contributed by atoms with Crippen LogP contribution in [0.4, 0.5) is 4.79 Å². The Labute approximate surface area is 231 Å². The Kier molecular flexibility index (Phi) is 7.08. The summed E-state index contributed by atoms with van der Waals surface area (Å²) < 4.78 is 7.78. The molecule has 2 aromatic heterocycles. The number of carbonyl (C=O) groups is 1. The molecule has 1 aromatic carbocycles. The molecule has 2 saturated carbocycles. The number of rotatable bonds is 7. The molecule has 3 aliphatic rings. The molecule has 0 spiro atoms. The number of carbonyl (C=O) groups excluding carboxylic acids is 1. The van der Waals surface area contributed by atoms with Crippen LogP contribution in [-0.4, -0.2) is 56.0 Å². The molecule has 6 rings (SSSR count). The minimum atomic E-state index is -0.469. The van der Waals surface area contributed by atoms with Crippen molar-refractivity contribution < 1.29 is 9.53 Å². The van der Waals surface area contributed by atoms with Gasteiger partial charge in [0.05, 0.1) is 34.7 Å². The summed E-state index contributed by atoms with van der Waals surface area (Å²) in [4.78, 5) is 24.2. The van der Waals surface area contributed by atoms with Crippen molar-refractivity contribution in [3.8, 4) is 11.3 Å². The fourth-order valence-electron chi connectivity index (χ4n) is 6.14. The zero-order valence-corrected chi connectivity index (χ0v) is 23.6. The third-order valence-corrected chi connectivity index (χ3v) is 8.59. The molecule has 0 radical (unpaired) electrons. The van der Waals surface area contributed by atoms with Crippen molar-refractivity contribution in [1.82, 2.24) is 24.6 Å². The second-order valence-corrected chi connectivity index (χ2v) is 12.8.